The molecule has 0 fully saturated rings. The number of halogens is 3. The molecule has 1 heterocycles. The SMILES string of the molecule is Cc1ccc(-c2cc(C(F)(F)F)nn2-c2ccc(S(=O)(=O)NC(=O)OCCCCN(C)/[N+]([O-])=N/OC(C)OC(=O)C(C)(C)C)cc2)cc1. The van der Waals surface area contributed by atoms with E-state index in [1.54, 1.807) is 49.8 Å². The zero-order chi connectivity index (χ0) is 35.9. The van der Waals surface area contributed by atoms with Crippen molar-refractivity contribution in [1.29, 1.82) is 0 Å². The molecule has 0 aliphatic heterocycles. The van der Waals surface area contributed by atoms with Crippen LogP contribution in [0.25, 0.3) is 16.9 Å². The molecule has 262 valence electrons. The van der Waals surface area contributed by atoms with E-state index in [1.807, 2.05) is 6.92 Å². The Morgan fingerprint density at radius 3 is 2.29 bits per heavy atom. The summed E-state index contributed by atoms with van der Waals surface area (Å²) < 4.78 is 78.7. The molecule has 0 saturated heterocycles. The van der Waals surface area contributed by atoms with Crippen LogP contribution in [0.4, 0.5) is 18.0 Å². The number of carbonyl (C=O) groups excluding carboxylic acids is 2. The largest absolute Gasteiger partial charge is 0.569 e. The van der Waals surface area contributed by atoms with Crippen LogP contribution in [0, 0.1) is 17.5 Å². The fourth-order valence-electron chi connectivity index (χ4n) is 3.82. The van der Waals surface area contributed by atoms with Crippen molar-refractivity contribution in [2.24, 2.45) is 10.7 Å². The lowest BCUT2D eigenvalue weighted by molar-refractivity contribution is -0.707. The highest BCUT2D eigenvalue weighted by molar-refractivity contribution is 7.90. The first-order valence-electron chi connectivity index (χ1n) is 14.6. The van der Waals surface area contributed by atoms with Crippen molar-refractivity contribution in [1.82, 2.24) is 19.5 Å². The molecule has 48 heavy (non-hydrogen) atoms. The summed E-state index contributed by atoms with van der Waals surface area (Å²) in [6.45, 7) is 8.20. The van der Waals surface area contributed by atoms with Crippen LogP contribution in [-0.2, 0) is 35.3 Å². The lowest BCUT2D eigenvalue weighted by Crippen LogP contribution is -2.32. The minimum atomic E-state index is -4.71. The highest BCUT2D eigenvalue weighted by Gasteiger charge is 2.35. The molecule has 1 aromatic heterocycles. The van der Waals surface area contributed by atoms with Crippen LogP contribution < -0.4 is 4.72 Å². The minimum absolute atomic E-state index is 0.144. The number of esters is 1. The predicted octanol–water partition coefficient (Wildman–Crippen LogP) is 5.74. The molecular formula is C30H37F3N6O8S. The highest BCUT2D eigenvalue weighted by atomic mass is 32.2. The highest BCUT2D eigenvalue weighted by Crippen LogP contribution is 2.33. The standard InChI is InChI=1S/C30H37F3N6O8S/c1-20-9-11-22(12-10-20)25-19-26(30(31,32)33)34-38(25)23-13-15-24(16-14-23)48(43,44)35-28(41)45-18-8-7-17-37(6)39(42)36-47-21(2)46-27(40)29(3,4)5/h9-16,19,21H,7-8,17-18H2,1-6H3,(H,35,41)/b39-36-. The summed E-state index contributed by atoms with van der Waals surface area (Å²) in [4.78, 5) is 28.7. The van der Waals surface area contributed by atoms with E-state index in [0.29, 0.717) is 12.0 Å². The zero-order valence-electron chi connectivity index (χ0n) is 27.1. The Balaban J connectivity index is 1.52. The number of ether oxygens (including phenoxy) is 2. The summed E-state index contributed by atoms with van der Waals surface area (Å²) in [6, 6.07) is 12.4. The van der Waals surface area contributed by atoms with E-state index in [0.717, 1.165) is 33.5 Å². The van der Waals surface area contributed by atoms with E-state index in [9.17, 15) is 36.4 Å². The molecule has 1 N–H and O–H groups in total. The van der Waals surface area contributed by atoms with E-state index < -0.39 is 45.7 Å². The second kappa shape index (κ2) is 15.4. The maximum atomic E-state index is 13.5. The summed E-state index contributed by atoms with van der Waals surface area (Å²) in [5.74, 6) is -0.533. The number of benzene rings is 2. The number of hydrogen-bond donors (Lipinski definition) is 1. The first-order chi connectivity index (χ1) is 22.3. The van der Waals surface area contributed by atoms with Gasteiger partial charge in [-0.3, -0.25) is 9.63 Å². The molecule has 0 aliphatic rings. The average molecular weight is 699 g/mol. The average Bonchev–Trinajstić information content (AvgIpc) is 3.46. The maximum Gasteiger partial charge on any atom is 0.435 e. The Hall–Kier alpha value is -4.87. The van der Waals surface area contributed by atoms with Crippen molar-refractivity contribution < 1.29 is 50.5 Å². The van der Waals surface area contributed by atoms with Gasteiger partial charge in [0.15, 0.2) is 5.69 Å². The number of aromatic nitrogens is 2. The van der Waals surface area contributed by atoms with Gasteiger partial charge in [0.25, 0.3) is 16.3 Å². The van der Waals surface area contributed by atoms with Crippen LogP contribution in [0.1, 0.15) is 51.8 Å². The molecule has 1 amide bonds. The molecule has 1 unspecified atom stereocenters. The van der Waals surface area contributed by atoms with Gasteiger partial charge in [-0.25, -0.2) is 22.6 Å². The van der Waals surface area contributed by atoms with Gasteiger partial charge in [0.05, 0.1) is 46.9 Å². The molecule has 0 bridgehead atoms. The molecule has 14 nitrogen and oxygen atoms in total. The van der Waals surface area contributed by atoms with Gasteiger partial charge < -0.3 is 14.7 Å². The van der Waals surface area contributed by atoms with Crippen LogP contribution >= 0.6 is 0 Å². The van der Waals surface area contributed by atoms with E-state index in [1.165, 1.54) is 26.1 Å². The van der Waals surface area contributed by atoms with Gasteiger partial charge in [0.2, 0.25) is 5.28 Å². The molecule has 1 atom stereocenters. The smallest absolute Gasteiger partial charge is 0.435 e. The van der Waals surface area contributed by atoms with Crippen LogP contribution in [0.5, 0.6) is 0 Å². The lowest BCUT2D eigenvalue weighted by atomic mass is 9.97. The van der Waals surface area contributed by atoms with Crippen molar-refractivity contribution in [2.45, 2.75) is 64.8 Å². The predicted molar refractivity (Wildman–Crippen MR) is 164 cm³/mol. The Labute approximate surface area is 275 Å². The number of nitrogens with zero attached hydrogens (tertiary/aromatic N) is 5. The van der Waals surface area contributed by atoms with Gasteiger partial charge >= 0.3 is 18.2 Å². The van der Waals surface area contributed by atoms with Crippen molar-refractivity contribution in [3.63, 3.8) is 0 Å². The Kier molecular flexibility index (Phi) is 12.0. The third-order valence-electron chi connectivity index (χ3n) is 6.51. The van der Waals surface area contributed by atoms with Crippen LogP contribution in [-0.4, -0.2) is 66.7 Å². The summed E-state index contributed by atoms with van der Waals surface area (Å²) in [5, 5.41) is 20.2. The van der Waals surface area contributed by atoms with Gasteiger partial charge in [-0.05, 0) is 70.9 Å². The quantitative estimate of drug-likeness (QED) is 0.0581. The number of rotatable bonds is 13. The normalized spacial score (nSPS) is 13.1. The van der Waals surface area contributed by atoms with E-state index in [-0.39, 0.29) is 40.8 Å². The van der Waals surface area contributed by atoms with Crippen molar-refractivity contribution in [3.05, 3.63) is 71.1 Å². The molecule has 0 saturated carbocycles. The van der Waals surface area contributed by atoms with Crippen molar-refractivity contribution in [3.8, 4) is 16.9 Å². The van der Waals surface area contributed by atoms with Crippen LogP contribution in [0.2, 0.25) is 0 Å². The number of hydrazine groups is 1. The molecule has 0 aliphatic carbocycles. The number of unbranched alkanes of at least 4 members (excludes halogenated alkanes) is 1. The van der Waals surface area contributed by atoms with Gasteiger partial charge in [0.1, 0.15) is 0 Å². The number of hydrogen-bond acceptors (Lipinski definition) is 10. The number of amides is 1. The number of carbonyl (C=O) groups is 2. The molecule has 3 aromatic rings. The Bertz CT molecular complexity index is 1700. The maximum absolute atomic E-state index is 13.5. The summed E-state index contributed by atoms with van der Waals surface area (Å²) >= 11 is 0. The Morgan fingerprint density at radius 2 is 1.71 bits per heavy atom. The number of nitrogens with one attached hydrogen (secondary N) is 1. The van der Waals surface area contributed by atoms with E-state index in [2.05, 4.69) is 10.4 Å². The van der Waals surface area contributed by atoms with Crippen LogP contribution in [0.3, 0.4) is 0 Å². The second-order valence-corrected chi connectivity index (χ2v) is 13.4. The van der Waals surface area contributed by atoms with E-state index >= 15 is 0 Å². The summed E-state index contributed by atoms with van der Waals surface area (Å²) in [5.41, 5.74) is -0.203. The molecule has 18 heteroatoms. The van der Waals surface area contributed by atoms with Crippen LogP contribution in [0.15, 0.2) is 64.8 Å². The van der Waals surface area contributed by atoms with Crippen molar-refractivity contribution >= 4 is 22.1 Å². The summed E-state index contributed by atoms with van der Waals surface area (Å²) in [6.07, 6.45) is -6.45. The third-order valence-corrected chi connectivity index (χ3v) is 7.84. The van der Waals surface area contributed by atoms with Gasteiger partial charge in [0, 0.05) is 12.5 Å². The zero-order valence-corrected chi connectivity index (χ0v) is 28.0. The molecule has 3 rings (SSSR count). The van der Waals surface area contributed by atoms with Gasteiger partial charge in [-0.2, -0.15) is 18.3 Å². The third kappa shape index (κ3) is 10.6. The fraction of sp³-hybridized carbons (Fsp3) is 0.433. The number of sulfonamides is 1. The monoisotopic (exact) mass is 698 g/mol. The minimum Gasteiger partial charge on any atom is -0.569 e. The lowest BCUT2D eigenvalue weighted by Gasteiger charge is -2.19. The summed E-state index contributed by atoms with van der Waals surface area (Å²) in [7, 11) is -2.97. The number of aryl methyl sites for hydroxylation is 1. The fourth-order valence-corrected chi connectivity index (χ4v) is 4.71. The molecule has 2 aromatic carbocycles. The topological polar surface area (TPSA) is 167 Å². The Morgan fingerprint density at radius 1 is 1.08 bits per heavy atom. The first-order valence-corrected chi connectivity index (χ1v) is 16.1. The van der Waals surface area contributed by atoms with Gasteiger partial charge in [-0.15, -0.1) is 5.01 Å². The number of alkyl halides is 3. The van der Waals surface area contributed by atoms with E-state index in [4.69, 9.17) is 14.3 Å². The molecule has 0 radical (unpaired) electrons. The second-order valence-electron chi connectivity index (χ2n) is 11.7. The molecular weight excluding hydrogens is 661 g/mol. The first kappa shape index (κ1) is 37.6. The van der Waals surface area contributed by atoms with Crippen molar-refractivity contribution in [2.75, 3.05) is 20.2 Å². The van der Waals surface area contributed by atoms with Gasteiger partial charge in [-0.1, -0.05) is 29.8 Å². The molecule has 0 spiro atoms.